The second kappa shape index (κ2) is 3.92. The second-order valence-corrected chi connectivity index (χ2v) is 5.25. The van der Waals surface area contributed by atoms with Crippen molar-refractivity contribution in [3.05, 3.63) is 11.1 Å². The Morgan fingerprint density at radius 1 is 1.50 bits per heavy atom. The average molecular weight is 222 g/mol. The Balaban J connectivity index is 1.98. The molecule has 0 bridgehead atoms. The van der Waals surface area contributed by atoms with Gasteiger partial charge in [0.25, 0.3) is 0 Å². The molecule has 2 aliphatic heterocycles. The Morgan fingerprint density at radius 2 is 2.25 bits per heavy atom. The van der Waals surface area contributed by atoms with Gasteiger partial charge in [-0.25, -0.2) is 4.79 Å². The van der Waals surface area contributed by atoms with Crippen molar-refractivity contribution in [2.24, 2.45) is 4.99 Å². The molecule has 2 heterocycles. The van der Waals surface area contributed by atoms with Crippen LogP contribution in [0.2, 0.25) is 0 Å². The Morgan fingerprint density at radius 3 is 2.94 bits per heavy atom. The predicted octanol–water partition coefficient (Wildman–Crippen LogP) is 2.01. The van der Waals surface area contributed by atoms with E-state index in [0.717, 1.165) is 19.5 Å². The Bertz CT molecular complexity index is 364. The summed E-state index contributed by atoms with van der Waals surface area (Å²) in [5.41, 5.74) is 2.15. The van der Waals surface area contributed by atoms with Crippen molar-refractivity contribution in [1.82, 2.24) is 4.90 Å². The van der Waals surface area contributed by atoms with E-state index in [2.05, 4.69) is 4.99 Å². The van der Waals surface area contributed by atoms with Gasteiger partial charge in [0.2, 0.25) is 0 Å². The first-order valence-corrected chi connectivity index (χ1v) is 5.64. The fraction of sp³-hybridized carbons (Fsp3) is 0.667. The van der Waals surface area contributed by atoms with Crippen LogP contribution >= 0.6 is 0 Å². The summed E-state index contributed by atoms with van der Waals surface area (Å²) >= 11 is 0. The topological polar surface area (TPSA) is 41.9 Å². The van der Waals surface area contributed by atoms with Crippen molar-refractivity contribution >= 4 is 12.3 Å². The van der Waals surface area contributed by atoms with Crippen LogP contribution in [-0.4, -0.2) is 42.4 Å². The Labute approximate surface area is 96.0 Å². The molecule has 0 aromatic heterocycles. The largest absolute Gasteiger partial charge is 0.444 e. The summed E-state index contributed by atoms with van der Waals surface area (Å²) in [6.07, 6.45) is 2.58. The Kier molecular flexibility index (Phi) is 2.74. The third-order valence-electron chi connectivity index (χ3n) is 2.68. The van der Waals surface area contributed by atoms with Crippen LogP contribution in [0.15, 0.2) is 16.1 Å². The molecular weight excluding hydrogens is 204 g/mol. The van der Waals surface area contributed by atoms with Crippen molar-refractivity contribution in [3.8, 4) is 0 Å². The fourth-order valence-electron chi connectivity index (χ4n) is 1.89. The van der Waals surface area contributed by atoms with Gasteiger partial charge < -0.3 is 9.64 Å². The van der Waals surface area contributed by atoms with Gasteiger partial charge >= 0.3 is 6.09 Å². The summed E-state index contributed by atoms with van der Waals surface area (Å²) in [6.45, 7) is 7.87. The quantitative estimate of drug-likeness (QED) is 0.629. The molecule has 0 spiro atoms. The molecule has 0 radical (unpaired) electrons. The van der Waals surface area contributed by atoms with Gasteiger partial charge in [0.1, 0.15) is 5.60 Å². The molecule has 0 unspecified atom stereocenters. The van der Waals surface area contributed by atoms with Crippen LogP contribution in [0.4, 0.5) is 4.79 Å². The van der Waals surface area contributed by atoms with Crippen LogP contribution < -0.4 is 0 Å². The first-order chi connectivity index (χ1) is 7.46. The molecule has 4 nitrogen and oxygen atoms in total. The van der Waals surface area contributed by atoms with Gasteiger partial charge in [-0.2, -0.15) is 0 Å². The summed E-state index contributed by atoms with van der Waals surface area (Å²) < 4.78 is 5.35. The highest BCUT2D eigenvalue weighted by Crippen LogP contribution is 2.22. The lowest BCUT2D eigenvalue weighted by atomic mass is 10.0. The molecule has 2 aliphatic rings. The van der Waals surface area contributed by atoms with E-state index in [-0.39, 0.29) is 6.09 Å². The van der Waals surface area contributed by atoms with E-state index in [1.54, 1.807) is 4.90 Å². The molecule has 16 heavy (non-hydrogen) atoms. The Hall–Kier alpha value is -1.32. The fourth-order valence-corrected chi connectivity index (χ4v) is 1.89. The lowest BCUT2D eigenvalue weighted by molar-refractivity contribution is 0.0263. The van der Waals surface area contributed by atoms with Gasteiger partial charge in [-0.15, -0.1) is 0 Å². The first kappa shape index (κ1) is 11.2. The minimum atomic E-state index is -0.421. The van der Waals surface area contributed by atoms with Crippen molar-refractivity contribution in [1.29, 1.82) is 0 Å². The van der Waals surface area contributed by atoms with Crippen molar-refractivity contribution in [2.45, 2.75) is 32.8 Å². The number of nitrogens with zero attached hydrogens (tertiary/aromatic N) is 2. The van der Waals surface area contributed by atoms with Gasteiger partial charge in [0, 0.05) is 12.8 Å². The van der Waals surface area contributed by atoms with E-state index < -0.39 is 5.60 Å². The highest BCUT2D eigenvalue weighted by molar-refractivity contribution is 5.85. The molecular formula is C12H18N2O2. The standard InChI is InChI=1S/C12H18N2O2/c1-12(2,3)16-11(15)14-5-4-9-6-13-7-10(9)8-14/h7H,4-6,8H2,1-3H3. The number of carbonyl (C=O) groups excluding carboxylic acids is 1. The van der Waals surface area contributed by atoms with E-state index in [1.807, 2.05) is 27.0 Å². The molecule has 0 atom stereocenters. The normalized spacial score (nSPS) is 20.1. The van der Waals surface area contributed by atoms with Crippen LogP contribution in [0.25, 0.3) is 0 Å². The number of hydrogen-bond donors (Lipinski definition) is 0. The minimum Gasteiger partial charge on any atom is -0.444 e. The second-order valence-electron chi connectivity index (χ2n) is 5.25. The number of ether oxygens (including phenoxy) is 1. The van der Waals surface area contributed by atoms with Gasteiger partial charge in [0.15, 0.2) is 0 Å². The molecule has 2 rings (SSSR count). The van der Waals surface area contributed by atoms with E-state index in [4.69, 9.17) is 4.74 Å². The van der Waals surface area contributed by atoms with Crippen LogP contribution in [0.5, 0.6) is 0 Å². The number of carbonyl (C=O) groups is 1. The molecule has 0 fully saturated rings. The summed E-state index contributed by atoms with van der Waals surface area (Å²) in [5, 5.41) is 0. The minimum absolute atomic E-state index is 0.223. The van der Waals surface area contributed by atoms with Gasteiger partial charge in [-0.05, 0) is 38.3 Å². The number of hydrogen-bond acceptors (Lipinski definition) is 3. The third-order valence-corrected chi connectivity index (χ3v) is 2.68. The monoisotopic (exact) mass is 222 g/mol. The smallest absolute Gasteiger partial charge is 0.410 e. The molecule has 0 saturated carbocycles. The van der Waals surface area contributed by atoms with E-state index >= 15 is 0 Å². The van der Waals surface area contributed by atoms with Crippen LogP contribution in [0.1, 0.15) is 27.2 Å². The van der Waals surface area contributed by atoms with E-state index in [1.165, 1.54) is 11.1 Å². The average Bonchev–Trinajstić information content (AvgIpc) is 2.61. The highest BCUT2D eigenvalue weighted by atomic mass is 16.6. The number of aliphatic imine (C=N–C) groups is 1. The molecule has 0 aromatic carbocycles. The zero-order valence-corrected chi connectivity index (χ0v) is 10.1. The molecule has 0 aliphatic carbocycles. The highest BCUT2D eigenvalue weighted by Gasteiger charge is 2.27. The predicted molar refractivity (Wildman–Crippen MR) is 62.8 cm³/mol. The van der Waals surface area contributed by atoms with Gasteiger partial charge in [-0.3, -0.25) is 4.99 Å². The lowest BCUT2D eigenvalue weighted by Gasteiger charge is -2.30. The molecule has 4 heteroatoms. The van der Waals surface area contributed by atoms with Crippen molar-refractivity contribution < 1.29 is 9.53 Å². The summed E-state index contributed by atoms with van der Waals surface area (Å²) in [6, 6.07) is 0. The molecule has 0 aromatic rings. The third kappa shape index (κ3) is 2.43. The van der Waals surface area contributed by atoms with Gasteiger partial charge in [-0.1, -0.05) is 0 Å². The van der Waals surface area contributed by atoms with Crippen molar-refractivity contribution in [3.63, 3.8) is 0 Å². The van der Waals surface area contributed by atoms with Crippen molar-refractivity contribution in [2.75, 3.05) is 19.6 Å². The van der Waals surface area contributed by atoms with Crippen LogP contribution in [0, 0.1) is 0 Å². The van der Waals surface area contributed by atoms with Gasteiger partial charge in [0.05, 0.1) is 13.1 Å². The number of rotatable bonds is 0. The molecule has 88 valence electrons. The summed E-state index contributed by atoms with van der Waals surface area (Å²) in [4.78, 5) is 17.8. The molecule has 0 saturated heterocycles. The maximum absolute atomic E-state index is 11.8. The number of amides is 1. The SMILES string of the molecule is CC(C)(C)OC(=O)N1CCC2=C(C=NC2)C1. The maximum Gasteiger partial charge on any atom is 0.410 e. The zero-order valence-electron chi connectivity index (χ0n) is 10.1. The molecule has 0 N–H and O–H groups in total. The lowest BCUT2D eigenvalue weighted by Crippen LogP contribution is -2.40. The van der Waals surface area contributed by atoms with E-state index in [0.29, 0.717) is 6.54 Å². The zero-order chi connectivity index (χ0) is 11.8. The van der Waals surface area contributed by atoms with E-state index in [9.17, 15) is 4.79 Å². The summed E-state index contributed by atoms with van der Waals surface area (Å²) in [5.74, 6) is 0. The van der Waals surface area contributed by atoms with Crippen LogP contribution in [-0.2, 0) is 4.74 Å². The van der Waals surface area contributed by atoms with Crippen LogP contribution in [0.3, 0.4) is 0 Å². The summed E-state index contributed by atoms with van der Waals surface area (Å²) in [7, 11) is 0. The first-order valence-electron chi connectivity index (χ1n) is 5.64. The molecule has 1 amide bonds. The maximum atomic E-state index is 11.8.